The average Bonchev–Trinajstić information content (AvgIpc) is 0.790. The number of aromatic nitrogens is 4. The zero-order chi connectivity index (χ0) is 71.5. The van der Waals surface area contributed by atoms with Crippen molar-refractivity contribution in [2.45, 2.75) is 136 Å². The minimum Gasteiger partial charge on any atom is -0.476 e. The van der Waals surface area contributed by atoms with E-state index in [9.17, 15) is 61.2 Å². The van der Waals surface area contributed by atoms with Crippen LogP contribution in [-0.2, 0) is 63.1 Å². The van der Waals surface area contributed by atoms with Crippen LogP contribution in [0.1, 0.15) is 119 Å². The van der Waals surface area contributed by atoms with Gasteiger partial charge >= 0.3 is 24.1 Å². The van der Waals surface area contributed by atoms with Gasteiger partial charge in [-0.1, -0.05) is 75.4 Å². The summed E-state index contributed by atoms with van der Waals surface area (Å²) in [5.41, 5.74) is 10.1. The van der Waals surface area contributed by atoms with Gasteiger partial charge in [0.25, 0.3) is 21.9 Å². The number of fused-ring (bicyclic) bond motifs is 2. The first-order valence-electron chi connectivity index (χ1n) is 33.4. The number of hydrogen-bond acceptors (Lipinski definition) is 17. The third kappa shape index (κ3) is 16.8. The zero-order valence-corrected chi connectivity index (χ0v) is 58.0. The number of amides is 10. The predicted molar refractivity (Wildman–Crippen MR) is 371 cm³/mol. The molecule has 4 saturated carbocycles. The summed E-state index contributed by atoms with van der Waals surface area (Å²) in [6, 6.07) is 19.9. The van der Waals surface area contributed by atoms with Gasteiger partial charge in [0.05, 0.1) is 40.1 Å². The van der Waals surface area contributed by atoms with E-state index in [1.165, 1.54) is 16.2 Å². The number of aryl methyl sites for hydroxylation is 1. The summed E-state index contributed by atoms with van der Waals surface area (Å²) in [7, 11) is -4.52. The Morgan fingerprint density at radius 3 is 2.26 bits per heavy atom. The van der Waals surface area contributed by atoms with E-state index in [4.69, 9.17) is 25.3 Å². The van der Waals surface area contributed by atoms with E-state index >= 15 is 0 Å². The van der Waals surface area contributed by atoms with Gasteiger partial charge in [0.2, 0.25) is 17.7 Å². The normalized spacial score (nSPS) is 21.2. The van der Waals surface area contributed by atoms with Crippen LogP contribution in [0.4, 0.5) is 30.9 Å². The first kappa shape index (κ1) is 71.6. The van der Waals surface area contributed by atoms with Crippen LogP contribution in [0.25, 0.3) is 32.6 Å². The van der Waals surface area contributed by atoms with Crippen LogP contribution in [0.2, 0.25) is 0 Å². The first-order valence-corrected chi connectivity index (χ1v) is 35.8. The number of benzene rings is 3. The van der Waals surface area contributed by atoms with Gasteiger partial charge in [-0.3, -0.25) is 48.3 Å². The number of nitrogens with two attached hydrogens (primary N) is 1. The Morgan fingerprint density at radius 1 is 0.840 bits per heavy atom. The molecule has 2 aliphatic heterocycles. The molecule has 9 N–H and O–H groups in total. The lowest BCUT2D eigenvalue weighted by molar-refractivity contribution is -0.248. The number of carboxylic acid groups (broad SMARTS) is 1. The predicted octanol–water partition coefficient (Wildman–Crippen LogP) is 8.20. The first-order chi connectivity index (χ1) is 47.5. The summed E-state index contributed by atoms with van der Waals surface area (Å²) < 4.78 is 49.6. The van der Waals surface area contributed by atoms with Crippen molar-refractivity contribution in [3.63, 3.8) is 0 Å². The molecule has 4 bridgehead atoms. The molecule has 12 rings (SSSR count). The summed E-state index contributed by atoms with van der Waals surface area (Å²) in [5.74, 6) is -5.47. The molecule has 6 aliphatic rings. The van der Waals surface area contributed by atoms with E-state index in [-0.39, 0.29) is 80.1 Å². The maximum Gasteiger partial charge on any atom is 0.410 e. The highest BCUT2D eigenvalue weighted by molar-refractivity contribution is 7.85. The number of nitrogens with zero attached hydrogens (tertiary/aromatic N) is 7. The van der Waals surface area contributed by atoms with Crippen LogP contribution in [0, 0.1) is 29.1 Å². The molecule has 0 spiro atoms. The van der Waals surface area contributed by atoms with Gasteiger partial charge < -0.3 is 46.5 Å². The summed E-state index contributed by atoms with van der Waals surface area (Å²) in [5, 5.41) is 29.6. The number of anilines is 3. The smallest absolute Gasteiger partial charge is 0.410 e. The second-order valence-electron chi connectivity index (χ2n) is 28.1. The Kier molecular flexibility index (Phi) is 21.0. The Morgan fingerprint density at radius 2 is 1.57 bits per heavy atom. The number of urea groups is 2. The molecule has 6 aromatic rings. The fourth-order valence-corrected chi connectivity index (χ4v) is 17.4. The number of aromatic carboxylic acids is 1. The Hall–Kier alpha value is -9.65. The summed E-state index contributed by atoms with van der Waals surface area (Å²) in [6.45, 7) is 10.0. The highest BCUT2D eigenvalue weighted by Crippen LogP contribution is 2.72. The van der Waals surface area contributed by atoms with Gasteiger partial charge in [0, 0.05) is 91.6 Å². The molecule has 4 fully saturated rings. The highest BCUT2D eigenvalue weighted by Gasteiger charge is 2.66. The van der Waals surface area contributed by atoms with E-state index in [0.29, 0.717) is 64.0 Å². The molecule has 10 amide bonds. The van der Waals surface area contributed by atoms with Gasteiger partial charge in [-0.05, 0) is 147 Å². The number of carbonyl (C=O) groups is 9. The van der Waals surface area contributed by atoms with Crippen LogP contribution in [0.3, 0.4) is 0 Å². The minimum absolute atomic E-state index is 0.0202. The largest absolute Gasteiger partial charge is 0.476 e. The zero-order valence-electron chi connectivity index (χ0n) is 56.3. The third-order valence-electron chi connectivity index (χ3n) is 19.4. The van der Waals surface area contributed by atoms with Crippen molar-refractivity contribution >= 4 is 102 Å². The maximum atomic E-state index is 13.9. The number of para-hydroxylation sites is 1. The second-order valence-corrected chi connectivity index (χ2v) is 30.7. The molecular weight excluding hydrogens is 1330 g/mol. The summed E-state index contributed by atoms with van der Waals surface area (Å²) >= 11 is 1.40. The molecule has 28 nitrogen and oxygen atoms in total. The number of pyridine rings is 1. The van der Waals surface area contributed by atoms with Crippen molar-refractivity contribution in [1.82, 2.24) is 45.5 Å². The van der Waals surface area contributed by atoms with Crippen molar-refractivity contribution in [2.24, 2.45) is 27.9 Å². The van der Waals surface area contributed by atoms with Crippen LogP contribution < -0.4 is 37.2 Å². The quantitative estimate of drug-likeness (QED) is 0.0130. The average molecular weight is 1410 g/mol. The van der Waals surface area contributed by atoms with Gasteiger partial charge in [0.15, 0.2) is 10.8 Å². The molecule has 5 heterocycles. The van der Waals surface area contributed by atoms with Crippen LogP contribution in [0.15, 0.2) is 97.2 Å². The van der Waals surface area contributed by atoms with Gasteiger partial charge in [-0.25, -0.2) is 29.1 Å². The van der Waals surface area contributed by atoms with Crippen molar-refractivity contribution < 1.29 is 70.7 Å². The lowest BCUT2D eigenvalue weighted by Gasteiger charge is -2.69. The number of thiazole rings is 1. The molecule has 3 aromatic heterocycles. The lowest BCUT2D eigenvalue weighted by atomic mass is 9.39. The molecule has 4 atom stereocenters. The topological polar surface area (TPSA) is 386 Å². The van der Waals surface area contributed by atoms with E-state index in [1.54, 1.807) is 61.3 Å². The van der Waals surface area contributed by atoms with E-state index < -0.39 is 93.6 Å². The lowest BCUT2D eigenvalue weighted by Crippen LogP contribution is -2.64. The van der Waals surface area contributed by atoms with Gasteiger partial charge in [-0.15, -0.1) is 0 Å². The number of imide groups is 1. The molecule has 0 saturated heterocycles. The van der Waals surface area contributed by atoms with Crippen molar-refractivity contribution in [1.29, 1.82) is 0 Å². The number of carboxylic acids is 1. The molecule has 0 radical (unpaired) electrons. The number of rotatable bonds is 28. The van der Waals surface area contributed by atoms with Crippen molar-refractivity contribution in [2.75, 3.05) is 60.6 Å². The van der Waals surface area contributed by atoms with Crippen LogP contribution in [0.5, 0.6) is 0 Å². The van der Waals surface area contributed by atoms with E-state index in [1.807, 2.05) is 54.1 Å². The fraction of sp³-hybridized carbons (Fsp3) is 0.457. The third-order valence-corrected chi connectivity index (χ3v) is 21.1. The molecule has 100 heavy (non-hydrogen) atoms. The monoisotopic (exact) mass is 1410 g/mol. The number of nitrogens with one attached hydrogen (secondary N) is 5. The molecule has 4 aliphatic carbocycles. The molecule has 2 unspecified atom stereocenters. The summed E-state index contributed by atoms with van der Waals surface area (Å²) in [6.07, 6.45) is 9.48. The number of primary amides is 1. The fourth-order valence-electron chi connectivity index (χ4n) is 16.1. The molecule has 30 heteroatoms. The molecule has 530 valence electrons. The second kappa shape index (κ2) is 29.3. The minimum atomic E-state index is -4.52. The number of hydrogen-bond donors (Lipinski definition) is 8. The number of ether oxygens (including phenoxy) is 2. The highest BCUT2D eigenvalue weighted by atomic mass is 32.2. The van der Waals surface area contributed by atoms with Crippen LogP contribution >= 0.6 is 11.3 Å². The number of carbonyl (C=O) groups excluding carboxylic acids is 8. The maximum absolute atomic E-state index is 13.9. The van der Waals surface area contributed by atoms with Gasteiger partial charge in [0.1, 0.15) is 18.7 Å². The van der Waals surface area contributed by atoms with Gasteiger partial charge in [-0.2, -0.15) is 13.5 Å². The Balaban J connectivity index is 0.717. The Labute approximate surface area is 581 Å². The summed E-state index contributed by atoms with van der Waals surface area (Å²) in [4.78, 5) is 130. The van der Waals surface area contributed by atoms with Crippen molar-refractivity contribution in [3.8, 4) is 22.4 Å². The Bertz CT molecular complexity index is 4270. The SMILES string of the molecule is Cc1c(-c2ccc(-c3ccc4c(c3)N(C(=O)Nc3nc5ccccc5s3)CCC4)nc2C(=O)O)cnn1CC12CC3(C)CC(C)(C1)CC(OCCN(CCS(=O)(=O)O)C(=O)OCc1ccc(NC(=O)[C@H](CCCNC(N)=O)NC(=O)[C@@H](NC(=O)CCN4C(=O)C=CC4=O)C(C)C)cc1)(C3)C2. The van der Waals surface area contributed by atoms with E-state index in [0.717, 1.165) is 83.5 Å². The van der Waals surface area contributed by atoms with E-state index in [2.05, 4.69) is 45.4 Å². The molecular formula is C70H83N13O15S2. The van der Waals surface area contributed by atoms with Crippen LogP contribution in [-0.4, -0.2) is 164 Å². The van der Waals surface area contributed by atoms with Crippen molar-refractivity contribution in [3.05, 3.63) is 120 Å². The standard InChI is InChI=1S/C70H83N13O15S2/c1-42(2)58(78-55(84)24-27-82-56(85)22-23-57(82)86)61(88)76-52(12-8-25-72-63(71)91)60(87)74-47-18-14-44(15-19-47)34-97-66(93)80(29-31-100(94,95)96)28-30-98-70-38-67(4)35-68(5,39-70)37-69(36-67,40-70)41-83-43(3)49(33-73-83)48-20-21-50(75-59(48)62(89)90)46-17-16-45-10-9-26-81(53(45)32-46)65(92)79-64-77-51-11-6-7-13-54(51)99-64/h6-7,11,13-23,32-33,42,52,58H,8-10,12,24-31,34-41H2,1-5H3,(H,74,87)(H,76,88)(H,78,84)(H,89,90)(H3,71,72,91)(H,77,79,92)(H,94,95,96)/t52-,58-,67?,68?,69?,70?/m0/s1. The molecule has 3 aromatic carbocycles.